The third-order valence-corrected chi connectivity index (χ3v) is 5.33. The quantitative estimate of drug-likeness (QED) is 0.717. The maximum Gasteiger partial charge on any atom is 0.251 e. The molecular weight excluding hydrogens is 374 g/mol. The van der Waals surface area contributed by atoms with Gasteiger partial charge in [0.1, 0.15) is 0 Å². The molecule has 2 aromatic carbocycles. The fourth-order valence-electron chi connectivity index (χ4n) is 2.18. The Bertz CT molecular complexity index is 852. The molecule has 0 heterocycles. The highest BCUT2D eigenvalue weighted by Crippen LogP contribution is 2.12. The predicted molar refractivity (Wildman–Crippen MR) is 103 cm³/mol. The van der Waals surface area contributed by atoms with Gasteiger partial charge in [0.15, 0.2) is 0 Å². The van der Waals surface area contributed by atoms with Gasteiger partial charge < -0.3 is 10.2 Å². The van der Waals surface area contributed by atoms with Crippen LogP contribution >= 0.6 is 11.6 Å². The molecule has 0 saturated heterocycles. The van der Waals surface area contributed by atoms with Crippen molar-refractivity contribution in [1.29, 1.82) is 0 Å². The maximum atomic E-state index is 12.3. The highest BCUT2D eigenvalue weighted by atomic mass is 35.5. The van der Waals surface area contributed by atoms with Crippen molar-refractivity contribution in [1.82, 2.24) is 14.9 Å². The Morgan fingerprint density at radius 1 is 1.12 bits per heavy atom. The van der Waals surface area contributed by atoms with Crippen molar-refractivity contribution in [2.24, 2.45) is 0 Å². The number of sulfonamides is 1. The molecule has 0 unspecified atom stereocenters. The topological polar surface area (TPSA) is 78.5 Å². The molecular formula is C18H22ClN3O3S. The zero-order valence-electron chi connectivity index (χ0n) is 14.7. The molecule has 2 rings (SSSR count). The largest absolute Gasteiger partial charge is 0.348 e. The van der Waals surface area contributed by atoms with Gasteiger partial charge in [-0.3, -0.25) is 4.79 Å². The molecule has 0 aliphatic heterocycles. The third kappa shape index (κ3) is 6.10. The van der Waals surface area contributed by atoms with Crippen LogP contribution < -0.4 is 10.0 Å². The van der Waals surface area contributed by atoms with Crippen molar-refractivity contribution in [2.45, 2.75) is 11.4 Å². The fraction of sp³-hybridized carbons (Fsp3) is 0.278. The third-order valence-electron chi connectivity index (χ3n) is 3.62. The van der Waals surface area contributed by atoms with Gasteiger partial charge in [-0.25, -0.2) is 13.1 Å². The zero-order chi connectivity index (χ0) is 19.2. The number of likely N-dealkylation sites (N-methyl/N-ethyl adjacent to an activating group) is 1. The minimum atomic E-state index is -3.66. The summed E-state index contributed by atoms with van der Waals surface area (Å²) in [5, 5.41) is 3.39. The molecule has 0 aromatic heterocycles. The highest BCUT2D eigenvalue weighted by Gasteiger charge is 2.16. The normalized spacial score (nSPS) is 11.5. The Morgan fingerprint density at radius 3 is 2.46 bits per heavy atom. The summed E-state index contributed by atoms with van der Waals surface area (Å²) in [5.41, 5.74) is 1.19. The zero-order valence-corrected chi connectivity index (χ0v) is 16.3. The molecule has 0 atom stereocenters. The van der Waals surface area contributed by atoms with E-state index < -0.39 is 10.0 Å². The second kappa shape index (κ2) is 9.14. The van der Waals surface area contributed by atoms with Crippen molar-refractivity contribution in [3.8, 4) is 0 Å². The van der Waals surface area contributed by atoms with Gasteiger partial charge in [0, 0.05) is 30.2 Å². The van der Waals surface area contributed by atoms with Crippen molar-refractivity contribution >= 4 is 27.5 Å². The standard InChI is InChI=1S/C18H22ClN3O3S/c1-22(2)11-10-21-26(24,25)17-5-3-4-15(12-17)18(23)20-13-14-6-8-16(19)9-7-14/h3-9,12,21H,10-11,13H2,1-2H3,(H,20,23). The molecule has 1 amide bonds. The molecule has 2 aromatic rings. The second-order valence-electron chi connectivity index (χ2n) is 6.04. The minimum absolute atomic E-state index is 0.0652. The Morgan fingerprint density at radius 2 is 1.81 bits per heavy atom. The summed E-state index contributed by atoms with van der Waals surface area (Å²) in [5.74, 6) is -0.342. The Balaban J connectivity index is 2.02. The van der Waals surface area contributed by atoms with Crippen LogP contribution in [0.25, 0.3) is 0 Å². The molecule has 0 radical (unpaired) electrons. The van der Waals surface area contributed by atoms with Gasteiger partial charge >= 0.3 is 0 Å². The van der Waals surface area contributed by atoms with Gasteiger partial charge in [-0.15, -0.1) is 0 Å². The van der Waals surface area contributed by atoms with E-state index in [1.807, 2.05) is 31.1 Å². The summed E-state index contributed by atoms with van der Waals surface area (Å²) in [6.07, 6.45) is 0. The van der Waals surface area contributed by atoms with Crippen LogP contribution in [0, 0.1) is 0 Å². The molecule has 0 aliphatic rings. The number of hydrogen-bond acceptors (Lipinski definition) is 4. The highest BCUT2D eigenvalue weighted by molar-refractivity contribution is 7.89. The average molecular weight is 396 g/mol. The van der Waals surface area contributed by atoms with E-state index in [1.165, 1.54) is 12.1 Å². The van der Waals surface area contributed by atoms with E-state index in [2.05, 4.69) is 10.0 Å². The Hall–Kier alpha value is -1.93. The predicted octanol–water partition coefficient (Wildman–Crippen LogP) is 2.11. The monoisotopic (exact) mass is 395 g/mol. The first kappa shape index (κ1) is 20.4. The lowest BCUT2D eigenvalue weighted by Crippen LogP contribution is -2.31. The number of carbonyl (C=O) groups excluding carboxylic acids is 1. The second-order valence-corrected chi connectivity index (χ2v) is 8.24. The van der Waals surface area contributed by atoms with Crippen LogP contribution in [0.1, 0.15) is 15.9 Å². The van der Waals surface area contributed by atoms with Gasteiger partial charge in [0.25, 0.3) is 5.91 Å². The smallest absolute Gasteiger partial charge is 0.251 e. The Labute approximate surface area is 159 Å². The first-order valence-electron chi connectivity index (χ1n) is 8.05. The van der Waals surface area contributed by atoms with Gasteiger partial charge in [-0.2, -0.15) is 0 Å². The van der Waals surface area contributed by atoms with Crippen LogP contribution in [-0.2, 0) is 16.6 Å². The van der Waals surface area contributed by atoms with Gasteiger partial charge in [-0.05, 0) is 50.0 Å². The molecule has 2 N–H and O–H groups in total. The lowest BCUT2D eigenvalue weighted by molar-refractivity contribution is 0.0950. The summed E-state index contributed by atoms with van der Waals surface area (Å²) in [7, 11) is 0.0669. The summed E-state index contributed by atoms with van der Waals surface area (Å²) < 4.78 is 27.2. The van der Waals surface area contributed by atoms with Gasteiger partial charge in [-0.1, -0.05) is 29.8 Å². The fourth-order valence-corrected chi connectivity index (χ4v) is 3.37. The molecule has 0 bridgehead atoms. The number of carbonyl (C=O) groups is 1. The van der Waals surface area contributed by atoms with E-state index in [1.54, 1.807) is 24.3 Å². The number of halogens is 1. The number of nitrogens with one attached hydrogen (secondary N) is 2. The summed E-state index contributed by atoms with van der Waals surface area (Å²) >= 11 is 5.83. The molecule has 6 nitrogen and oxygen atoms in total. The molecule has 0 spiro atoms. The van der Waals surface area contributed by atoms with Crippen LogP contribution in [0.5, 0.6) is 0 Å². The first-order valence-corrected chi connectivity index (χ1v) is 9.91. The molecule has 0 aliphatic carbocycles. The van der Waals surface area contributed by atoms with E-state index >= 15 is 0 Å². The average Bonchev–Trinajstić information content (AvgIpc) is 2.60. The number of amides is 1. The van der Waals surface area contributed by atoms with Gasteiger partial charge in [0.2, 0.25) is 10.0 Å². The number of benzene rings is 2. The molecule has 140 valence electrons. The van der Waals surface area contributed by atoms with E-state index in [4.69, 9.17) is 11.6 Å². The SMILES string of the molecule is CN(C)CCNS(=O)(=O)c1cccc(C(=O)NCc2ccc(Cl)cc2)c1. The van der Waals surface area contributed by atoms with Crippen LogP contribution in [0.4, 0.5) is 0 Å². The summed E-state index contributed by atoms with van der Waals surface area (Å²) in [4.78, 5) is 14.3. The van der Waals surface area contributed by atoms with Gasteiger partial charge in [0.05, 0.1) is 4.90 Å². The minimum Gasteiger partial charge on any atom is -0.348 e. The van der Waals surface area contributed by atoms with Crippen LogP contribution in [0.15, 0.2) is 53.4 Å². The van der Waals surface area contributed by atoms with E-state index in [9.17, 15) is 13.2 Å². The van der Waals surface area contributed by atoms with Crippen LogP contribution in [-0.4, -0.2) is 46.4 Å². The van der Waals surface area contributed by atoms with Crippen molar-refractivity contribution in [2.75, 3.05) is 27.2 Å². The Kier molecular flexibility index (Phi) is 7.16. The van der Waals surface area contributed by atoms with E-state index in [0.717, 1.165) is 5.56 Å². The number of rotatable bonds is 8. The summed E-state index contributed by atoms with van der Waals surface area (Å²) in [6.45, 7) is 1.21. The molecule has 0 saturated carbocycles. The first-order chi connectivity index (χ1) is 12.3. The molecule has 0 fully saturated rings. The maximum absolute atomic E-state index is 12.3. The number of hydrogen-bond donors (Lipinski definition) is 2. The van der Waals surface area contributed by atoms with Crippen molar-refractivity contribution < 1.29 is 13.2 Å². The van der Waals surface area contributed by atoms with E-state index in [-0.39, 0.29) is 16.4 Å². The van der Waals surface area contributed by atoms with Crippen molar-refractivity contribution in [3.63, 3.8) is 0 Å². The van der Waals surface area contributed by atoms with Crippen LogP contribution in [0.2, 0.25) is 5.02 Å². The lowest BCUT2D eigenvalue weighted by Gasteiger charge is -2.12. The molecule has 8 heteroatoms. The lowest BCUT2D eigenvalue weighted by atomic mass is 10.2. The summed E-state index contributed by atoms with van der Waals surface area (Å²) in [6, 6.07) is 13.1. The van der Waals surface area contributed by atoms with E-state index in [0.29, 0.717) is 24.7 Å². The van der Waals surface area contributed by atoms with Crippen molar-refractivity contribution in [3.05, 3.63) is 64.7 Å². The molecule has 26 heavy (non-hydrogen) atoms. The number of nitrogens with zero attached hydrogens (tertiary/aromatic N) is 1. The van der Waals surface area contributed by atoms with Crippen LogP contribution in [0.3, 0.4) is 0 Å².